The maximum atomic E-state index is 12.8. The van der Waals surface area contributed by atoms with E-state index in [-0.39, 0.29) is 30.0 Å². The molecule has 9 nitrogen and oxygen atoms in total. The number of aryl methyl sites for hydroxylation is 2. The molecule has 1 amide bonds. The fourth-order valence-electron chi connectivity index (χ4n) is 3.21. The van der Waals surface area contributed by atoms with Gasteiger partial charge >= 0.3 is 0 Å². The van der Waals surface area contributed by atoms with E-state index < -0.39 is 17.2 Å². The van der Waals surface area contributed by atoms with Crippen molar-refractivity contribution in [2.75, 3.05) is 20.2 Å². The Kier molecular flexibility index (Phi) is 6.32. The zero-order valence-corrected chi connectivity index (χ0v) is 17.8. The van der Waals surface area contributed by atoms with Crippen molar-refractivity contribution in [1.82, 2.24) is 14.7 Å². The van der Waals surface area contributed by atoms with Crippen LogP contribution in [0.4, 0.5) is 0 Å². The van der Waals surface area contributed by atoms with Crippen molar-refractivity contribution in [3.8, 4) is 23.6 Å². The smallest absolute Gasteiger partial charge is 0.268 e. The highest BCUT2D eigenvalue weighted by Gasteiger charge is 2.22. The summed E-state index contributed by atoms with van der Waals surface area (Å²) in [6.45, 7) is 1.87. The number of benzene rings is 2. The number of nitriles is 2. The van der Waals surface area contributed by atoms with Gasteiger partial charge in [-0.25, -0.2) is 0 Å². The summed E-state index contributed by atoms with van der Waals surface area (Å²) < 4.78 is 7.53. The van der Waals surface area contributed by atoms with Crippen LogP contribution in [0, 0.1) is 29.6 Å². The Balaban J connectivity index is 1.75. The standard InChI is InChI=1S/C23H21N5O4/c1-14-9-15(10-16(11-24)21(14)29)22(30)17(12-25)23(31)27(2)7-8-32-20-6-4-5-19-18(20)13-26-28(19)3/h4-6,9-10,13,29-30H,7-8H2,1-3H3/b22-17-. The normalized spacial score (nSPS) is 11.4. The highest BCUT2D eigenvalue weighted by Crippen LogP contribution is 2.28. The number of phenolic OH excluding ortho intramolecular Hbond substituents is 1. The fourth-order valence-corrected chi connectivity index (χ4v) is 3.21. The number of fused-ring (bicyclic) bond motifs is 1. The molecule has 2 N–H and O–H groups in total. The van der Waals surface area contributed by atoms with Crippen LogP contribution in [0.15, 0.2) is 42.1 Å². The third-order valence-corrected chi connectivity index (χ3v) is 5.04. The molecule has 0 aliphatic rings. The number of aromatic nitrogens is 2. The summed E-state index contributed by atoms with van der Waals surface area (Å²) in [5, 5.41) is 44.1. The molecule has 0 aliphatic heterocycles. The van der Waals surface area contributed by atoms with E-state index in [9.17, 15) is 20.3 Å². The van der Waals surface area contributed by atoms with Gasteiger partial charge in [0.1, 0.15) is 36.0 Å². The summed E-state index contributed by atoms with van der Waals surface area (Å²) in [4.78, 5) is 14.0. The molecule has 2 aromatic carbocycles. The minimum Gasteiger partial charge on any atom is -0.506 e. The second-order valence-electron chi connectivity index (χ2n) is 7.17. The lowest BCUT2D eigenvalue weighted by atomic mass is 10.0. The third-order valence-electron chi connectivity index (χ3n) is 5.04. The van der Waals surface area contributed by atoms with Crippen LogP contribution < -0.4 is 4.74 Å². The number of phenols is 1. The number of nitrogens with zero attached hydrogens (tertiary/aromatic N) is 5. The molecule has 9 heteroatoms. The molecule has 0 bridgehead atoms. The number of carbonyl (C=O) groups is 1. The number of hydrogen-bond acceptors (Lipinski definition) is 7. The highest BCUT2D eigenvalue weighted by molar-refractivity contribution is 6.03. The number of aliphatic hydroxyl groups is 1. The number of carbonyl (C=O) groups excluding carboxylic acids is 1. The van der Waals surface area contributed by atoms with Crippen molar-refractivity contribution in [1.29, 1.82) is 10.5 Å². The Labute approximate surface area is 184 Å². The Morgan fingerprint density at radius 3 is 2.75 bits per heavy atom. The van der Waals surface area contributed by atoms with Gasteiger partial charge in [0.25, 0.3) is 5.91 Å². The Morgan fingerprint density at radius 2 is 2.06 bits per heavy atom. The first-order valence-electron chi connectivity index (χ1n) is 9.64. The lowest BCUT2D eigenvalue weighted by Gasteiger charge is -2.18. The zero-order valence-electron chi connectivity index (χ0n) is 17.8. The van der Waals surface area contributed by atoms with E-state index in [0.29, 0.717) is 11.3 Å². The quantitative estimate of drug-likeness (QED) is 0.348. The number of aliphatic hydroxyl groups excluding tert-OH is 1. The molecule has 1 aromatic heterocycles. The summed E-state index contributed by atoms with van der Waals surface area (Å²) in [7, 11) is 3.32. The second kappa shape index (κ2) is 9.11. The average Bonchev–Trinajstić information content (AvgIpc) is 3.17. The summed E-state index contributed by atoms with van der Waals surface area (Å²) in [6.07, 6.45) is 1.70. The molecular weight excluding hydrogens is 410 g/mol. The highest BCUT2D eigenvalue weighted by atomic mass is 16.5. The van der Waals surface area contributed by atoms with Crippen molar-refractivity contribution in [3.63, 3.8) is 0 Å². The molecular formula is C23H21N5O4. The van der Waals surface area contributed by atoms with E-state index in [1.807, 2.05) is 25.2 Å². The molecule has 0 fully saturated rings. The molecule has 3 rings (SSSR count). The van der Waals surface area contributed by atoms with E-state index in [2.05, 4.69) is 5.10 Å². The van der Waals surface area contributed by atoms with Crippen LogP contribution in [0.25, 0.3) is 16.7 Å². The van der Waals surface area contributed by atoms with Gasteiger partial charge in [-0.05, 0) is 36.8 Å². The maximum Gasteiger partial charge on any atom is 0.268 e. The monoisotopic (exact) mass is 431 g/mol. The van der Waals surface area contributed by atoms with Gasteiger partial charge in [-0.15, -0.1) is 0 Å². The third kappa shape index (κ3) is 4.18. The fraction of sp³-hybridized carbons (Fsp3) is 0.217. The second-order valence-corrected chi connectivity index (χ2v) is 7.17. The van der Waals surface area contributed by atoms with E-state index in [1.54, 1.807) is 29.9 Å². The molecule has 3 aromatic rings. The zero-order chi connectivity index (χ0) is 23.4. The largest absolute Gasteiger partial charge is 0.506 e. The van der Waals surface area contributed by atoms with E-state index >= 15 is 0 Å². The first-order valence-corrected chi connectivity index (χ1v) is 9.64. The molecule has 1 heterocycles. The molecule has 0 spiro atoms. The predicted octanol–water partition coefficient (Wildman–Crippen LogP) is 2.79. The molecule has 0 atom stereocenters. The predicted molar refractivity (Wildman–Crippen MR) is 117 cm³/mol. The van der Waals surface area contributed by atoms with Crippen molar-refractivity contribution in [3.05, 3.63) is 58.8 Å². The number of rotatable bonds is 6. The van der Waals surface area contributed by atoms with Crippen LogP contribution in [0.2, 0.25) is 0 Å². The molecule has 0 unspecified atom stereocenters. The summed E-state index contributed by atoms with van der Waals surface area (Å²) in [6, 6.07) is 11.7. The first kappa shape index (κ1) is 22.2. The summed E-state index contributed by atoms with van der Waals surface area (Å²) in [5.74, 6) is -0.854. The van der Waals surface area contributed by atoms with Crippen molar-refractivity contribution in [2.45, 2.75) is 6.92 Å². The number of amides is 1. The maximum absolute atomic E-state index is 12.8. The first-order chi connectivity index (χ1) is 15.3. The van der Waals surface area contributed by atoms with Gasteiger partial charge in [0.15, 0.2) is 5.57 Å². The van der Waals surface area contributed by atoms with Crippen molar-refractivity contribution in [2.24, 2.45) is 7.05 Å². The van der Waals surface area contributed by atoms with Gasteiger partial charge in [0, 0.05) is 19.7 Å². The topological polar surface area (TPSA) is 135 Å². The van der Waals surface area contributed by atoms with E-state index in [0.717, 1.165) is 10.9 Å². The molecule has 0 aliphatic carbocycles. The minimum atomic E-state index is -0.697. The number of likely N-dealkylation sites (N-methyl/N-ethyl adjacent to an activating group) is 1. The average molecular weight is 431 g/mol. The van der Waals surface area contributed by atoms with Crippen molar-refractivity contribution < 1.29 is 19.7 Å². The van der Waals surface area contributed by atoms with Gasteiger partial charge in [-0.2, -0.15) is 15.6 Å². The lowest BCUT2D eigenvalue weighted by Crippen LogP contribution is -2.32. The van der Waals surface area contributed by atoms with Crippen LogP contribution in [-0.2, 0) is 11.8 Å². The van der Waals surface area contributed by atoms with Gasteiger partial charge in [0.2, 0.25) is 0 Å². The van der Waals surface area contributed by atoms with E-state index in [1.165, 1.54) is 24.1 Å². The Morgan fingerprint density at radius 1 is 1.31 bits per heavy atom. The Bertz CT molecular complexity index is 1310. The van der Waals surface area contributed by atoms with Crippen LogP contribution in [0.3, 0.4) is 0 Å². The number of hydrogen-bond donors (Lipinski definition) is 2. The van der Waals surface area contributed by atoms with Gasteiger partial charge in [-0.3, -0.25) is 9.48 Å². The number of ether oxygens (including phenoxy) is 1. The van der Waals surface area contributed by atoms with Gasteiger partial charge in [0.05, 0.1) is 29.2 Å². The molecule has 162 valence electrons. The van der Waals surface area contributed by atoms with Crippen LogP contribution >= 0.6 is 0 Å². The van der Waals surface area contributed by atoms with Crippen LogP contribution in [0.5, 0.6) is 11.5 Å². The number of aromatic hydroxyl groups is 1. The molecule has 32 heavy (non-hydrogen) atoms. The van der Waals surface area contributed by atoms with E-state index in [4.69, 9.17) is 10.00 Å². The SMILES string of the molecule is Cc1cc(/C(O)=C(\C#N)C(=O)N(C)CCOc2cccc3c2cnn3C)cc(C#N)c1O. The lowest BCUT2D eigenvalue weighted by molar-refractivity contribution is -0.125. The summed E-state index contributed by atoms with van der Waals surface area (Å²) >= 11 is 0. The van der Waals surface area contributed by atoms with Crippen LogP contribution in [-0.4, -0.2) is 51.0 Å². The molecule has 0 radical (unpaired) electrons. The Hall–Kier alpha value is -4.50. The van der Waals surface area contributed by atoms with Gasteiger partial charge in [-0.1, -0.05) is 6.07 Å². The minimum absolute atomic E-state index is 0.0670. The molecule has 0 saturated heterocycles. The van der Waals surface area contributed by atoms with Crippen molar-refractivity contribution >= 4 is 22.6 Å². The van der Waals surface area contributed by atoms with Gasteiger partial charge < -0.3 is 19.8 Å². The molecule has 0 saturated carbocycles. The van der Waals surface area contributed by atoms with Crippen LogP contribution in [0.1, 0.15) is 16.7 Å². The summed E-state index contributed by atoms with van der Waals surface area (Å²) in [5.41, 5.74) is 0.794.